The van der Waals surface area contributed by atoms with Crippen molar-refractivity contribution in [2.45, 2.75) is 18.0 Å². The molecule has 1 N–H and O–H groups in total. The Hall–Kier alpha value is -2.36. The molecule has 24 heavy (non-hydrogen) atoms. The molecular formula is C14H13F3N2O4S. The molecule has 1 aromatic heterocycles. The van der Waals surface area contributed by atoms with E-state index >= 15 is 0 Å². The Bertz CT molecular complexity index is 901. The molecule has 0 spiro atoms. The number of halogens is 3. The zero-order valence-corrected chi connectivity index (χ0v) is 13.4. The molecule has 0 amide bonds. The highest BCUT2D eigenvalue weighted by molar-refractivity contribution is 7.91. The molecule has 0 aliphatic heterocycles. The van der Waals surface area contributed by atoms with Crippen molar-refractivity contribution in [2.75, 3.05) is 5.75 Å². The van der Waals surface area contributed by atoms with Gasteiger partial charge in [0.1, 0.15) is 11.5 Å². The van der Waals surface area contributed by atoms with E-state index in [-0.39, 0.29) is 17.1 Å². The first-order valence-corrected chi connectivity index (χ1v) is 8.33. The summed E-state index contributed by atoms with van der Waals surface area (Å²) in [6.07, 6.45) is -3.69. The molecule has 130 valence electrons. The summed E-state index contributed by atoms with van der Waals surface area (Å²) in [5.74, 6) is -1.74. The van der Waals surface area contributed by atoms with Gasteiger partial charge in [-0.05, 0) is 18.2 Å². The molecular weight excluding hydrogens is 349 g/mol. The first-order valence-electron chi connectivity index (χ1n) is 6.68. The number of hydrogen-bond acceptors (Lipinski definition) is 4. The Morgan fingerprint density at radius 3 is 2.42 bits per heavy atom. The van der Waals surface area contributed by atoms with Gasteiger partial charge in [-0.3, -0.25) is 0 Å². The van der Waals surface area contributed by atoms with E-state index in [0.29, 0.717) is 6.07 Å². The summed E-state index contributed by atoms with van der Waals surface area (Å²) in [6, 6.07) is 2.27. The lowest BCUT2D eigenvalue weighted by Crippen LogP contribution is -2.12. The second kappa shape index (κ2) is 5.93. The molecule has 0 radical (unpaired) electrons. The van der Waals surface area contributed by atoms with Gasteiger partial charge in [0.15, 0.2) is 9.84 Å². The fourth-order valence-electron chi connectivity index (χ4n) is 2.15. The number of hydrogen-bond donors (Lipinski definition) is 1. The molecule has 6 nitrogen and oxygen atoms in total. The number of benzene rings is 1. The number of aromatic nitrogens is 2. The molecule has 1 heterocycles. The van der Waals surface area contributed by atoms with E-state index in [4.69, 9.17) is 5.11 Å². The van der Waals surface area contributed by atoms with Crippen molar-refractivity contribution in [1.82, 2.24) is 9.55 Å². The number of imidazole rings is 1. The third kappa shape index (κ3) is 3.14. The van der Waals surface area contributed by atoms with E-state index in [1.54, 1.807) is 0 Å². The van der Waals surface area contributed by atoms with Crippen LogP contribution in [-0.4, -0.2) is 34.8 Å². The minimum Gasteiger partial charge on any atom is -0.477 e. The van der Waals surface area contributed by atoms with Gasteiger partial charge in [-0.25, -0.2) is 18.2 Å². The number of nitrogens with zero attached hydrogens (tertiary/aromatic N) is 2. The zero-order valence-electron chi connectivity index (χ0n) is 12.6. The number of alkyl halides is 3. The third-order valence-corrected chi connectivity index (χ3v) is 5.24. The van der Waals surface area contributed by atoms with Crippen LogP contribution in [0.5, 0.6) is 0 Å². The van der Waals surface area contributed by atoms with E-state index in [1.165, 1.54) is 14.0 Å². The van der Waals surface area contributed by atoms with Crippen LogP contribution in [0.3, 0.4) is 0 Å². The Balaban J connectivity index is 2.78. The predicted molar refractivity (Wildman–Crippen MR) is 78.3 cm³/mol. The second-order valence-corrected chi connectivity index (χ2v) is 7.19. The van der Waals surface area contributed by atoms with Gasteiger partial charge in [0, 0.05) is 12.6 Å². The summed E-state index contributed by atoms with van der Waals surface area (Å²) in [5.41, 5.74) is -1.41. The third-order valence-electron chi connectivity index (χ3n) is 3.47. The Morgan fingerprint density at radius 1 is 1.33 bits per heavy atom. The first-order chi connectivity index (χ1) is 11.0. The summed E-state index contributed by atoms with van der Waals surface area (Å²) in [5, 5.41) is 9.02. The maximum absolute atomic E-state index is 12.9. The van der Waals surface area contributed by atoms with Crippen molar-refractivity contribution >= 4 is 15.8 Å². The number of carboxylic acid groups (broad SMARTS) is 1. The molecule has 2 aromatic rings. The van der Waals surface area contributed by atoms with Crippen LogP contribution in [0.1, 0.15) is 23.0 Å². The Labute approximate surface area is 135 Å². The molecule has 2 rings (SSSR count). The van der Waals surface area contributed by atoms with Gasteiger partial charge in [-0.1, -0.05) is 6.92 Å². The largest absolute Gasteiger partial charge is 0.477 e. The number of rotatable bonds is 4. The van der Waals surface area contributed by atoms with Crippen LogP contribution < -0.4 is 0 Å². The molecule has 0 atom stereocenters. The van der Waals surface area contributed by atoms with Crippen molar-refractivity contribution in [3.05, 3.63) is 35.7 Å². The highest BCUT2D eigenvalue weighted by Gasteiger charge is 2.33. The molecule has 0 aliphatic carbocycles. The Morgan fingerprint density at radius 2 is 1.96 bits per heavy atom. The van der Waals surface area contributed by atoms with Crippen molar-refractivity contribution < 1.29 is 31.5 Å². The average molecular weight is 362 g/mol. The quantitative estimate of drug-likeness (QED) is 0.903. The van der Waals surface area contributed by atoms with Gasteiger partial charge in [-0.15, -0.1) is 0 Å². The minimum atomic E-state index is -4.70. The van der Waals surface area contributed by atoms with Crippen LogP contribution >= 0.6 is 0 Å². The van der Waals surface area contributed by atoms with Gasteiger partial charge < -0.3 is 9.67 Å². The van der Waals surface area contributed by atoms with Gasteiger partial charge >= 0.3 is 12.1 Å². The van der Waals surface area contributed by atoms with Gasteiger partial charge in [0.05, 0.1) is 22.4 Å². The number of carbonyl (C=O) groups is 1. The van der Waals surface area contributed by atoms with Crippen LogP contribution in [0.25, 0.3) is 11.4 Å². The summed E-state index contributed by atoms with van der Waals surface area (Å²) in [4.78, 5) is 14.4. The molecule has 0 saturated heterocycles. The van der Waals surface area contributed by atoms with Gasteiger partial charge in [0.2, 0.25) is 0 Å². The van der Waals surface area contributed by atoms with E-state index in [0.717, 1.165) is 22.9 Å². The highest BCUT2D eigenvalue weighted by atomic mass is 32.2. The minimum absolute atomic E-state index is 0.0480. The average Bonchev–Trinajstić information content (AvgIpc) is 2.87. The molecule has 0 unspecified atom stereocenters. The molecule has 1 aromatic carbocycles. The number of aromatic carboxylic acids is 1. The molecule has 0 aliphatic rings. The first kappa shape index (κ1) is 18.0. The van der Waals surface area contributed by atoms with Crippen LogP contribution in [0, 0.1) is 0 Å². The van der Waals surface area contributed by atoms with Crippen molar-refractivity contribution in [2.24, 2.45) is 7.05 Å². The summed E-state index contributed by atoms with van der Waals surface area (Å²) >= 11 is 0. The number of carboxylic acids is 1. The van der Waals surface area contributed by atoms with Crippen molar-refractivity contribution in [1.29, 1.82) is 0 Å². The van der Waals surface area contributed by atoms with Crippen molar-refractivity contribution in [3.8, 4) is 11.4 Å². The fourth-order valence-corrected chi connectivity index (χ4v) is 3.27. The molecule has 0 saturated carbocycles. The van der Waals surface area contributed by atoms with E-state index < -0.39 is 38.2 Å². The predicted octanol–water partition coefficient (Wildman–Crippen LogP) is 2.60. The monoisotopic (exact) mass is 362 g/mol. The zero-order chi connectivity index (χ0) is 18.3. The SMILES string of the molecule is CCS(=O)(=O)c1cc(C(F)(F)F)ccc1-c1ncc(C(=O)O)n1C. The maximum atomic E-state index is 12.9. The van der Waals surface area contributed by atoms with Gasteiger partial charge in [0.25, 0.3) is 0 Å². The van der Waals surface area contributed by atoms with E-state index in [9.17, 15) is 26.4 Å². The van der Waals surface area contributed by atoms with Crippen LogP contribution in [0.4, 0.5) is 13.2 Å². The van der Waals surface area contributed by atoms with E-state index in [2.05, 4.69) is 4.98 Å². The fraction of sp³-hybridized carbons (Fsp3) is 0.286. The topological polar surface area (TPSA) is 89.3 Å². The number of sulfone groups is 1. The lowest BCUT2D eigenvalue weighted by Gasteiger charge is -2.13. The Kier molecular flexibility index (Phi) is 4.44. The lowest BCUT2D eigenvalue weighted by molar-refractivity contribution is -0.137. The maximum Gasteiger partial charge on any atom is 0.416 e. The van der Waals surface area contributed by atoms with E-state index in [1.807, 2.05) is 0 Å². The summed E-state index contributed by atoms with van der Waals surface area (Å²) in [6.45, 7) is 1.31. The van der Waals surface area contributed by atoms with Gasteiger partial charge in [-0.2, -0.15) is 13.2 Å². The highest BCUT2D eigenvalue weighted by Crippen LogP contribution is 2.35. The summed E-state index contributed by atoms with van der Waals surface area (Å²) in [7, 11) is -2.65. The molecule has 0 fully saturated rings. The standard InChI is InChI=1S/C14H13F3N2O4S/c1-3-24(22,23)11-6-8(14(15,16)17)4-5-9(11)12-18-7-10(13(20)21)19(12)2/h4-7H,3H2,1-2H3,(H,20,21). The second-order valence-electron chi connectivity index (χ2n) is 4.94. The van der Waals surface area contributed by atoms with Crippen LogP contribution in [0.2, 0.25) is 0 Å². The van der Waals surface area contributed by atoms with Crippen molar-refractivity contribution in [3.63, 3.8) is 0 Å². The lowest BCUT2D eigenvalue weighted by atomic mass is 10.1. The van der Waals surface area contributed by atoms with Crippen LogP contribution in [0.15, 0.2) is 29.3 Å². The van der Waals surface area contributed by atoms with Crippen LogP contribution in [-0.2, 0) is 23.1 Å². The smallest absolute Gasteiger partial charge is 0.416 e. The molecule has 0 bridgehead atoms. The normalized spacial score (nSPS) is 12.4. The summed E-state index contributed by atoms with van der Waals surface area (Å²) < 4.78 is 64.2. The molecule has 10 heteroatoms.